The van der Waals surface area contributed by atoms with Crippen LogP contribution in [0.25, 0.3) is 0 Å². The molecular formula is C8H14N2O3. The minimum Gasteiger partial charge on any atom is -0.481 e. The van der Waals surface area contributed by atoms with E-state index in [0.29, 0.717) is 13.1 Å². The Morgan fingerprint density at radius 1 is 1.69 bits per heavy atom. The first-order valence-electron chi connectivity index (χ1n) is 4.26. The van der Waals surface area contributed by atoms with Crippen molar-refractivity contribution in [3.8, 4) is 0 Å². The van der Waals surface area contributed by atoms with Crippen molar-refractivity contribution in [2.45, 2.75) is 19.4 Å². The number of carboxylic acid groups (broad SMARTS) is 1. The molecule has 0 spiro atoms. The Balaban J connectivity index is 2.44. The van der Waals surface area contributed by atoms with Crippen molar-refractivity contribution in [1.82, 2.24) is 9.80 Å². The molecule has 5 nitrogen and oxygen atoms in total. The molecule has 0 bridgehead atoms. The molecule has 1 saturated heterocycles. The van der Waals surface area contributed by atoms with Gasteiger partial charge in [-0.2, -0.15) is 0 Å². The Bertz CT molecular complexity index is 229. The first-order chi connectivity index (χ1) is 6.02. The Kier molecular flexibility index (Phi) is 2.75. The van der Waals surface area contributed by atoms with E-state index in [0.717, 1.165) is 0 Å². The van der Waals surface area contributed by atoms with Crippen molar-refractivity contribution < 1.29 is 14.7 Å². The van der Waals surface area contributed by atoms with Gasteiger partial charge in [0, 0.05) is 26.2 Å². The lowest BCUT2D eigenvalue weighted by Gasteiger charge is -2.14. The normalized spacial score (nSPS) is 22.6. The van der Waals surface area contributed by atoms with Gasteiger partial charge < -0.3 is 14.9 Å². The maximum atomic E-state index is 11.4. The van der Waals surface area contributed by atoms with Gasteiger partial charge in [-0.1, -0.05) is 0 Å². The zero-order chi connectivity index (χ0) is 10.0. The Hall–Kier alpha value is -1.26. The van der Waals surface area contributed by atoms with Crippen LogP contribution in [0, 0.1) is 0 Å². The van der Waals surface area contributed by atoms with Crippen molar-refractivity contribution in [2.75, 3.05) is 20.1 Å². The number of amides is 2. The number of urea groups is 1. The number of nitrogens with zero attached hydrogens (tertiary/aromatic N) is 2. The summed E-state index contributed by atoms with van der Waals surface area (Å²) in [7, 11) is 1.73. The first-order valence-corrected chi connectivity index (χ1v) is 4.26. The highest BCUT2D eigenvalue weighted by Crippen LogP contribution is 2.12. The lowest BCUT2D eigenvalue weighted by Crippen LogP contribution is -2.31. The molecule has 0 aromatic heterocycles. The Labute approximate surface area is 76.9 Å². The predicted molar refractivity (Wildman–Crippen MR) is 46.4 cm³/mol. The molecule has 1 N–H and O–H groups in total. The van der Waals surface area contributed by atoms with E-state index in [4.69, 9.17) is 5.11 Å². The number of likely N-dealkylation sites (N-methyl/N-ethyl adjacent to an activating group) is 1. The fourth-order valence-corrected chi connectivity index (χ4v) is 1.35. The summed E-state index contributed by atoms with van der Waals surface area (Å²) in [5.41, 5.74) is 0. The van der Waals surface area contributed by atoms with E-state index in [2.05, 4.69) is 0 Å². The van der Waals surface area contributed by atoms with Crippen molar-refractivity contribution in [3.05, 3.63) is 0 Å². The summed E-state index contributed by atoms with van der Waals surface area (Å²) in [6.07, 6.45) is 0.0201. The number of rotatable bonds is 3. The summed E-state index contributed by atoms with van der Waals surface area (Å²) < 4.78 is 0. The molecule has 2 amide bonds. The molecule has 13 heavy (non-hydrogen) atoms. The van der Waals surface area contributed by atoms with Crippen LogP contribution in [0.4, 0.5) is 4.79 Å². The van der Waals surface area contributed by atoms with Crippen LogP contribution in [0.3, 0.4) is 0 Å². The third-order valence-corrected chi connectivity index (χ3v) is 2.31. The molecule has 1 aliphatic rings. The van der Waals surface area contributed by atoms with Crippen molar-refractivity contribution in [1.29, 1.82) is 0 Å². The molecule has 0 radical (unpaired) electrons. The second-order valence-corrected chi connectivity index (χ2v) is 3.33. The number of carbonyl (C=O) groups excluding carboxylic acids is 1. The summed E-state index contributed by atoms with van der Waals surface area (Å²) in [5.74, 6) is -0.866. The average molecular weight is 186 g/mol. The Morgan fingerprint density at radius 2 is 2.31 bits per heavy atom. The molecule has 1 unspecified atom stereocenters. The molecule has 1 atom stereocenters. The van der Waals surface area contributed by atoms with Gasteiger partial charge in [0.25, 0.3) is 0 Å². The minimum atomic E-state index is -0.866. The summed E-state index contributed by atoms with van der Waals surface area (Å²) >= 11 is 0. The quantitative estimate of drug-likeness (QED) is 0.685. The number of aliphatic carboxylic acids is 1. The zero-order valence-corrected chi connectivity index (χ0v) is 7.86. The number of carbonyl (C=O) groups is 2. The van der Waals surface area contributed by atoms with E-state index >= 15 is 0 Å². The van der Waals surface area contributed by atoms with Gasteiger partial charge in [-0.15, -0.1) is 0 Å². The average Bonchev–Trinajstić information content (AvgIpc) is 2.29. The maximum Gasteiger partial charge on any atom is 0.320 e. The Morgan fingerprint density at radius 3 is 2.69 bits per heavy atom. The van der Waals surface area contributed by atoms with Crippen LogP contribution in [0.15, 0.2) is 0 Å². The van der Waals surface area contributed by atoms with Crippen LogP contribution in [0.5, 0.6) is 0 Å². The molecular weight excluding hydrogens is 172 g/mol. The van der Waals surface area contributed by atoms with Crippen LogP contribution >= 0.6 is 0 Å². The smallest absolute Gasteiger partial charge is 0.320 e. The van der Waals surface area contributed by atoms with E-state index in [1.54, 1.807) is 16.8 Å². The number of hydrogen-bond acceptors (Lipinski definition) is 2. The SMILES string of the molecule is CC1CN(CCC(=O)O)C(=O)N1C. The molecule has 5 heteroatoms. The molecule has 0 saturated carbocycles. The molecule has 0 aliphatic carbocycles. The van der Waals surface area contributed by atoms with E-state index < -0.39 is 5.97 Å². The van der Waals surface area contributed by atoms with E-state index in [9.17, 15) is 9.59 Å². The molecule has 74 valence electrons. The molecule has 0 aromatic rings. The van der Waals surface area contributed by atoms with Crippen LogP contribution in [-0.4, -0.2) is 53.1 Å². The summed E-state index contributed by atoms with van der Waals surface area (Å²) in [5, 5.41) is 8.44. The van der Waals surface area contributed by atoms with Crippen LogP contribution in [-0.2, 0) is 4.79 Å². The minimum absolute atomic E-state index is 0.0201. The highest BCUT2D eigenvalue weighted by Gasteiger charge is 2.31. The van der Waals surface area contributed by atoms with Crippen molar-refractivity contribution >= 4 is 12.0 Å². The summed E-state index contributed by atoms with van der Waals surface area (Å²) in [6, 6.07) is 0.107. The number of hydrogen-bond donors (Lipinski definition) is 1. The highest BCUT2D eigenvalue weighted by atomic mass is 16.4. The van der Waals surface area contributed by atoms with Gasteiger partial charge >= 0.3 is 12.0 Å². The van der Waals surface area contributed by atoms with E-state index in [-0.39, 0.29) is 18.5 Å². The van der Waals surface area contributed by atoms with Crippen LogP contribution < -0.4 is 0 Å². The monoisotopic (exact) mass is 186 g/mol. The lowest BCUT2D eigenvalue weighted by atomic mass is 10.3. The molecule has 1 rings (SSSR count). The van der Waals surface area contributed by atoms with Gasteiger partial charge in [0.15, 0.2) is 0 Å². The molecule has 0 aromatic carbocycles. The van der Waals surface area contributed by atoms with Gasteiger partial charge in [0.2, 0.25) is 0 Å². The van der Waals surface area contributed by atoms with Gasteiger partial charge in [-0.25, -0.2) is 4.79 Å². The first kappa shape index (κ1) is 9.83. The summed E-state index contributed by atoms with van der Waals surface area (Å²) in [4.78, 5) is 24.9. The lowest BCUT2D eigenvalue weighted by molar-refractivity contribution is -0.137. The van der Waals surface area contributed by atoms with Gasteiger partial charge in [-0.05, 0) is 6.92 Å². The molecule has 1 aliphatic heterocycles. The molecule has 1 fully saturated rings. The summed E-state index contributed by atoms with van der Waals surface area (Å²) in [6.45, 7) is 2.88. The van der Waals surface area contributed by atoms with E-state index in [1.807, 2.05) is 6.92 Å². The van der Waals surface area contributed by atoms with Gasteiger partial charge in [0.05, 0.1) is 6.42 Å². The van der Waals surface area contributed by atoms with Gasteiger partial charge in [0.1, 0.15) is 0 Å². The number of carboxylic acids is 1. The second kappa shape index (κ2) is 3.64. The highest BCUT2D eigenvalue weighted by molar-refractivity contribution is 5.77. The van der Waals surface area contributed by atoms with Crippen LogP contribution in [0.1, 0.15) is 13.3 Å². The third kappa shape index (κ3) is 2.11. The molecule has 1 heterocycles. The zero-order valence-electron chi connectivity index (χ0n) is 7.86. The van der Waals surface area contributed by atoms with Crippen LogP contribution in [0.2, 0.25) is 0 Å². The fourth-order valence-electron chi connectivity index (χ4n) is 1.35. The van der Waals surface area contributed by atoms with Gasteiger partial charge in [-0.3, -0.25) is 4.79 Å². The maximum absolute atomic E-state index is 11.4. The van der Waals surface area contributed by atoms with Crippen molar-refractivity contribution in [3.63, 3.8) is 0 Å². The third-order valence-electron chi connectivity index (χ3n) is 2.31. The standard InChI is InChI=1S/C8H14N2O3/c1-6-5-10(4-3-7(11)12)8(13)9(6)2/h6H,3-5H2,1-2H3,(H,11,12). The largest absolute Gasteiger partial charge is 0.481 e. The second-order valence-electron chi connectivity index (χ2n) is 3.33. The topological polar surface area (TPSA) is 60.9 Å². The van der Waals surface area contributed by atoms with Crippen molar-refractivity contribution in [2.24, 2.45) is 0 Å². The predicted octanol–water partition coefficient (Wildman–Crippen LogP) is 0.217. The van der Waals surface area contributed by atoms with E-state index in [1.165, 1.54) is 0 Å². The fraction of sp³-hybridized carbons (Fsp3) is 0.750.